The molecule has 1 fully saturated rings. The van der Waals surface area contributed by atoms with Crippen LogP contribution >= 0.6 is 0 Å². The average molecular weight is 202 g/mol. The first kappa shape index (κ1) is 10.6. The summed E-state index contributed by atoms with van der Waals surface area (Å²) in [4.78, 5) is 33.8. The first-order valence-electron chi connectivity index (χ1n) is 3.96. The number of aliphatic hydroxyl groups is 2. The van der Waals surface area contributed by atoms with Crippen LogP contribution < -0.4 is 5.32 Å². The van der Waals surface area contributed by atoms with Gasteiger partial charge in [-0.3, -0.25) is 14.9 Å². The highest BCUT2D eigenvalue weighted by atomic mass is 16.3. The normalized spacial score (nSPS) is 23.6. The predicted molar refractivity (Wildman–Crippen MR) is 42.9 cm³/mol. The van der Waals surface area contributed by atoms with Gasteiger partial charge in [-0.2, -0.15) is 0 Å². The number of rotatable bonds is 2. The molecule has 2 atom stereocenters. The second-order valence-electron chi connectivity index (χ2n) is 2.88. The van der Waals surface area contributed by atoms with Crippen molar-refractivity contribution in [3.8, 4) is 0 Å². The lowest BCUT2D eigenvalue weighted by atomic mass is 10.2. The maximum absolute atomic E-state index is 11.2. The molecule has 0 aromatic heterocycles. The Kier molecular flexibility index (Phi) is 2.82. The summed E-state index contributed by atoms with van der Waals surface area (Å²) >= 11 is 0. The zero-order valence-electron chi connectivity index (χ0n) is 7.43. The Balaban J connectivity index is 2.82. The molecule has 0 aromatic carbocycles. The van der Waals surface area contributed by atoms with Gasteiger partial charge in [0.05, 0.1) is 6.61 Å². The molecule has 3 N–H and O–H groups in total. The van der Waals surface area contributed by atoms with E-state index in [-0.39, 0.29) is 0 Å². The molecular formula is C7H10N2O5. The fraction of sp³-hybridized carbons (Fsp3) is 0.571. The molecule has 7 heteroatoms. The summed E-state index contributed by atoms with van der Waals surface area (Å²) < 4.78 is 0. The number of aliphatic hydroxyl groups excluding tert-OH is 2. The van der Waals surface area contributed by atoms with Gasteiger partial charge in [-0.15, -0.1) is 0 Å². The van der Waals surface area contributed by atoms with E-state index in [9.17, 15) is 14.4 Å². The molecule has 0 aliphatic carbocycles. The number of nitrogens with one attached hydrogen (secondary N) is 1. The fourth-order valence-corrected chi connectivity index (χ4v) is 1.09. The molecule has 1 saturated heterocycles. The van der Waals surface area contributed by atoms with Gasteiger partial charge in [-0.05, 0) is 6.92 Å². The van der Waals surface area contributed by atoms with Gasteiger partial charge in [0.15, 0.2) is 6.10 Å². The summed E-state index contributed by atoms with van der Waals surface area (Å²) in [5.41, 5.74) is 0. The zero-order valence-corrected chi connectivity index (χ0v) is 7.43. The molecule has 1 aliphatic rings. The van der Waals surface area contributed by atoms with Crippen molar-refractivity contribution in [3.63, 3.8) is 0 Å². The Morgan fingerprint density at radius 3 is 2.57 bits per heavy atom. The van der Waals surface area contributed by atoms with Gasteiger partial charge in [-0.25, -0.2) is 9.69 Å². The van der Waals surface area contributed by atoms with Crippen LogP contribution in [0.25, 0.3) is 0 Å². The van der Waals surface area contributed by atoms with Crippen molar-refractivity contribution in [2.75, 3.05) is 6.61 Å². The van der Waals surface area contributed by atoms with E-state index in [1.54, 1.807) is 0 Å². The Morgan fingerprint density at radius 2 is 2.21 bits per heavy atom. The molecule has 0 spiro atoms. The minimum absolute atomic E-state index is 0.587. The molecule has 0 saturated carbocycles. The van der Waals surface area contributed by atoms with E-state index in [4.69, 9.17) is 10.2 Å². The van der Waals surface area contributed by atoms with Crippen molar-refractivity contribution in [3.05, 3.63) is 0 Å². The monoisotopic (exact) mass is 202 g/mol. The molecule has 1 aliphatic heterocycles. The lowest BCUT2D eigenvalue weighted by Crippen LogP contribution is -2.45. The largest absolute Gasteiger partial charge is 0.393 e. The van der Waals surface area contributed by atoms with E-state index in [1.807, 2.05) is 5.32 Å². The van der Waals surface area contributed by atoms with E-state index in [2.05, 4.69) is 0 Å². The first-order chi connectivity index (χ1) is 6.49. The van der Waals surface area contributed by atoms with Crippen molar-refractivity contribution in [1.29, 1.82) is 0 Å². The standard InChI is InChI=1S/C7H10N2O5/c1-3-5(12)8-7(14)9(3)6(13)4(11)2-10/h3-4,10-11H,2H2,1H3,(H,8,12,14). The summed E-state index contributed by atoms with van der Waals surface area (Å²) in [5.74, 6) is -1.59. The van der Waals surface area contributed by atoms with E-state index in [0.717, 1.165) is 0 Å². The maximum atomic E-state index is 11.2. The Bertz CT molecular complexity index is 290. The third-order valence-electron chi connectivity index (χ3n) is 1.91. The third kappa shape index (κ3) is 1.59. The van der Waals surface area contributed by atoms with Gasteiger partial charge in [-0.1, -0.05) is 0 Å². The SMILES string of the molecule is CC1C(=O)NC(=O)N1C(=O)C(O)CO. The van der Waals surface area contributed by atoms with Gasteiger partial charge in [0, 0.05) is 0 Å². The molecule has 0 bridgehead atoms. The Morgan fingerprint density at radius 1 is 1.64 bits per heavy atom. The minimum atomic E-state index is -1.67. The number of amides is 4. The van der Waals surface area contributed by atoms with Crippen LogP contribution in [0, 0.1) is 0 Å². The Labute approximate surface area is 79.3 Å². The van der Waals surface area contributed by atoms with Crippen LogP contribution in [0.2, 0.25) is 0 Å². The Hall–Kier alpha value is -1.47. The number of nitrogens with zero attached hydrogens (tertiary/aromatic N) is 1. The molecule has 7 nitrogen and oxygen atoms in total. The van der Waals surface area contributed by atoms with Crippen molar-refractivity contribution in [2.24, 2.45) is 0 Å². The van der Waals surface area contributed by atoms with Gasteiger partial charge in [0.2, 0.25) is 0 Å². The first-order valence-corrected chi connectivity index (χ1v) is 3.96. The van der Waals surface area contributed by atoms with E-state index in [1.165, 1.54) is 6.92 Å². The molecule has 4 amide bonds. The van der Waals surface area contributed by atoms with Gasteiger partial charge in [0.25, 0.3) is 11.8 Å². The maximum Gasteiger partial charge on any atom is 0.331 e. The van der Waals surface area contributed by atoms with Gasteiger partial charge >= 0.3 is 6.03 Å². The van der Waals surface area contributed by atoms with Crippen LogP contribution in [0.4, 0.5) is 4.79 Å². The summed E-state index contributed by atoms with van der Waals surface area (Å²) in [7, 11) is 0. The van der Waals surface area contributed by atoms with Crippen LogP contribution in [-0.4, -0.2) is 51.7 Å². The van der Waals surface area contributed by atoms with Crippen LogP contribution in [0.3, 0.4) is 0 Å². The van der Waals surface area contributed by atoms with Crippen LogP contribution in [-0.2, 0) is 9.59 Å². The highest BCUT2D eigenvalue weighted by Crippen LogP contribution is 2.09. The lowest BCUT2D eigenvalue weighted by Gasteiger charge is -2.18. The number of hydrogen-bond acceptors (Lipinski definition) is 5. The fourth-order valence-electron chi connectivity index (χ4n) is 1.09. The highest BCUT2D eigenvalue weighted by Gasteiger charge is 2.41. The molecule has 1 rings (SSSR count). The van der Waals surface area contributed by atoms with Crippen molar-refractivity contribution >= 4 is 17.8 Å². The average Bonchev–Trinajstić information content (AvgIpc) is 2.39. The molecular weight excluding hydrogens is 192 g/mol. The number of carbonyl (C=O) groups excluding carboxylic acids is 3. The predicted octanol–water partition coefficient (Wildman–Crippen LogP) is -2.19. The van der Waals surface area contributed by atoms with E-state index < -0.39 is 36.6 Å². The van der Waals surface area contributed by atoms with Crippen molar-refractivity contribution in [1.82, 2.24) is 10.2 Å². The number of hydrogen-bond donors (Lipinski definition) is 3. The van der Waals surface area contributed by atoms with Crippen LogP contribution in [0.5, 0.6) is 0 Å². The van der Waals surface area contributed by atoms with Crippen molar-refractivity contribution < 1.29 is 24.6 Å². The smallest absolute Gasteiger partial charge is 0.331 e. The molecule has 2 unspecified atom stereocenters. The van der Waals surface area contributed by atoms with E-state index >= 15 is 0 Å². The molecule has 1 heterocycles. The highest BCUT2D eigenvalue weighted by molar-refractivity contribution is 6.12. The lowest BCUT2D eigenvalue weighted by molar-refractivity contribution is -0.141. The van der Waals surface area contributed by atoms with Crippen LogP contribution in [0.15, 0.2) is 0 Å². The minimum Gasteiger partial charge on any atom is -0.393 e. The van der Waals surface area contributed by atoms with Gasteiger partial charge in [0.1, 0.15) is 6.04 Å². The topological polar surface area (TPSA) is 107 Å². The molecule has 0 radical (unpaired) electrons. The molecule has 78 valence electrons. The molecule has 14 heavy (non-hydrogen) atoms. The van der Waals surface area contributed by atoms with Crippen molar-refractivity contribution in [2.45, 2.75) is 19.1 Å². The molecule has 0 aromatic rings. The second kappa shape index (κ2) is 3.72. The summed E-state index contributed by atoms with van der Waals surface area (Å²) in [6, 6.07) is -1.82. The van der Waals surface area contributed by atoms with Crippen LogP contribution in [0.1, 0.15) is 6.92 Å². The number of imide groups is 2. The summed E-state index contributed by atoms with van der Waals surface area (Å²) in [6.45, 7) is 0.561. The zero-order chi connectivity index (χ0) is 10.9. The summed E-state index contributed by atoms with van der Waals surface area (Å²) in [5, 5.41) is 19.4. The number of carbonyl (C=O) groups is 3. The summed E-state index contributed by atoms with van der Waals surface area (Å²) in [6.07, 6.45) is -1.67. The number of urea groups is 1. The van der Waals surface area contributed by atoms with Gasteiger partial charge < -0.3 is 10.2 Å². The quantitative estimate of drug-likeness (QED) is 0.441. The third-order valence-corrected chi connectivity index (χ3v) is 1.91. The van der Waals surface area contributed by atoms with E-state index in [0.29, 0.717) is 4.90 Å². The second-order valence-corrected chi connectivity index (χ2v) is 2.88.